The third kappa shape index (κ3) is 2.63. The van der Waals surface area contributed by atoms with Gasteiger partial charge in [-0.25, -0.2) is 0 Å². The molecule has 0 spiro atoms. The van der Waals surface area contributed by atoms with Gasteiger partial charge in [0.15, 0.2) is 5.96 Å². The van der Waals surface area contributed by atoms with Crippen LogP contribution in [0, 0.1) is 0 Å². The molecular weight excluding hydrogens is 226 g/mol. The molecule has 1 fully saturated rings. The fourth-order valence-corrected chi connectivity index (χ4v) is 3.12. The average molecular weight is 253 g/mol. The minimum Gasteiger partial charge on any atom is -0.376 e. The predicted molar refractivity (Wildman–Crippen MR) is 74.7 cm³/mol. The van der Waals surface area contributed by atoms with Gasteiger partial charge in [0.2, 0.25) is 0 Å². The summed E-state index contributed by atoms with van der Waals surface area (Å²) < 4.78 is 5.75. The molecule has 0 radical (unpaired) electrons. The number of hydrogen-bond acceptors (Lipinski definition) is 4. The van der Waals surface area contributed by atoms with Crippen LogP contribution in [-0.2, 0) is 4.74 Å². The first-order valence-corrected chi connectivity index (χ1v) is 7.41. The van der Waals surface area contributed by atoms with E-state index in [0.29, 0.717) is 6.10 Å². The maximum Gasteiger partial charge on any atom is 0.191 e. The Balaban J connectivity index is 2.03. The molecule has 4 heteroatoms. The summed E-state index contributed by atoms with van der Waals surface area (Å²) in [7, 11) is 0. The molecule has 0 aliphatic carbocycles. The van der Waals surface area contributed by atoms with Crippen molar-refractivity contribution in [3.05, 3.63) is 0 Å². The Morgan fingerprint density at radius 3 is 2.94 bits per heavy atom. The number of nitrogens with two attached hydrogens (primary N) is 1. The Morgan fingerprint density at radius 2 is 2.33 bits per heavy atom. The van der Waals surface area contributed by atoms with Gasteiger partial charge in [-0.2, -0.15) is 0 Å². The maximum atomic E-state index is 6.10. The number of nitrogens with zero attached hydrogens (tertiary/aromatic N) is 2. The van der Waals surface area contributed by atoms with Crippen molar-refractivity contribution < 1.29 is 4.74 Å². The van der Waals surface area contributed by atoms with Crippen LogP contribution >= 0.6 is 0 Å². The molecular formula is C14H27N3O. The number of guanidine groups is 1. The second-order valence-electron chi connectivity index (χ2n) is 5.60. The van der Waals surface area contributed by atoms with E-state index >= 15 is 0 Å². The highest BCUT2D eigenvalue weighted by atomic mass is 16.5. The zero-order valence-electron chi connectivity index (χ0n) is 11.8. The molecule has 18 heavy (non-hydrogen) atoms. The molecule has 0 saturated carbocycles. The summed E-state index contributed by atoms with van der Waals surface area (Å²) in [4.78, 5) is 6.83. The second kappa shape index (κ2) is 5.91. The summed E-state index contributed by atoms with van der Waals surface area (Å²) in [6.45, 7) is 7.19. The van der Waals surface area contributed by atoms with Crippen LogP contribution < -0.4 is 5.73 Å². The van der Waals surface area contributed by atoms with Crippen LogP contribution in [0.25, 0.3) is 0 Å². The van der Waals surface area contributed by atoms with Gasteiger partial charge in [-0.05, 0) is 25.7 Å². The smallest absolute Gasteiger partial charge is 0.191 e. The van der Waals surface area contributed by atoms with Crippen LogP contribution in [-0.4, -0.2) is 42.2 Å². The minimum absolute atomic E-state index is 0.159. The Kier molecular flexibility index (Phi) is 4.49. The monoisotopic (exact) mass is 253 g/mol. The molecule has 0 aromatic carbocycles. The van der Waals surface area contributed by atoms with E-state index in [9.17, 15) is 0 Å². The summed E-state index contributed by atoms with van der Waals surface area (Å²) in [6.07, 6.45) is 7.49. The molecule has 1 saturated heterocycles. The number of hydrogen-bond donors (Lipinski definition) is 1. The Bertz CT molecular complexity index is 299. The highest BCUT2D eigenvalue weighted by molar-refractivity contribution is 5.81. The van der Waals surface area contributed by atoms with Crippen LogP contribution in [0.15, 0.2) is 4.99 Å². The zero-order valence-corrected chi connectivity index (χ0v) is 11.8. The van der Waals surface area contributed by atoms with E-state index in [2.05, 4.69) is 23.7 Å². The van der Waals surface area contributed by atoms with E-state index in [-0.39, 0.29) is 5.54 Å². The Morgan fingerprint density at radius 1 is 1.50 bits per heavy atom. The van der Waals surface area contributed by atoms with Gasteiger partial charge in [-0.15, -0.1) is 0 Å². The Hall–Kier alpha value is -0.770. The molecule has 0 amide bonds. The Labute approximate surface area is 111 Å². The molecule has 0 bridgehead atoms. The molecule has 2 aliphatic rings. The van der Waals surface area contributed by atoms with Gasteiger partial charge in [-0.3, -0.25) is 4.99 Å². The SMILES string of the molecule is CCCCC1(CC)CN=C(N)N1CC1CCCO1. The third-order valence-electron chi connectivity index (χ3n) is 4.45. The van der Waals surface area contributed by atoms with Crippen molar-refractivity contribution >= 4 is 5.96 Å². The quantitative estimate of drug-likeness (QED) is 0.789. The molecule has 2 rings (SSSR count). The molecule has 2 unspecified atom stereocenters. The largest absolute Gasteiger partial charge is 0.376 e. The minimum atomic E-state index is 0.159. The second-order valence-corrected chi connectivity index (χ2v) is 5.60. The van der Waals surface area contributed by atoms with E-state index in [4.69, 9.17) is 10.5 Å². The van der Waals surface area contributed by atoms with E-state index < -0.39 is 0 Å². The highest BCUT2D eigenvalue weighted by Crippen LogP contribution is 2.32. The van der Waals surface area contributed by atoms with Crippen LogP contribution in [0.1, 0.15) is 52.4 Å². The average Bonchev–Trinajstić information content (AvgIpc) is 2.99. The molecule has 4 nitrogen and oxygen atoms in total. The number of rotatable bonds is 6. The first-order chi connectivity index (χ1) is 8.72. The van der Waals surface area contributed by atoms with Gasteiger partial charge in [-0.1, -0.05) is 26.7 Å². The normalized spacial score (nSPS) is 32.0. The van der Waals surface area contributed by atoms with Gasteiger partial charge < -0.3 is 15.4 Å². The highest BCUT2D eigenvalue weighted by Gasteiger charge is 2.41. The van der Waals surface area contributed by atoms with Crippen molar-refractivity contribution in [3.63, 3.8) is 0 Å². The van der Waals surface area contributed by atoms with Crippen LogP contribution in [0.2, 0.25) is 0 Å². The number of unbranched alkanes of at least 4 members (excludes halogenated alkanes) is 1. The fourth-order valence-electron chi connectivity index (χ4n) is 3.12. The molecule has 104 valence electrons. The van der Waals surface area contributed by atoms with Crippen molar-refractivity contribution in [3.8, 4) is 0 Å². The lowest BCUT2D eigenvalue weighted by Crippen LogP contribution is -2.53. The van der Waals surface area contributed by atoms with Crippen molar-refractivity contribution in [2.75, 3.05) is 19.7 Å². The molecule has 0 aromatic rings. The van der Waals surface area contributed by atoms with E-state index in [0.717, 1.165) is 38.5 Å². The summed E-state index contributed by atoms with van der Waals surface area (Å²) in [5.74, 6) is 0.725. The van der Waals surface area contributed by atoms with Gasteiger partial charge in [0.25, 0.3) is 0 Å². The van der Waals surface area contributed by atoms with Crippen LogP contribution in [0.3, 0.4) is 0 Å². The van der Waals surface area contributed by atoms with Crippen LogP contribution in [0.4, 0.5) is 0 Å². The van der Waals surface area contributed by atoms with Gasteiger partial charge in [0.1, 0.15) is 0 Å². The topological polar surface area (TPSA) is 50.8 Å². The summed E-state index contributed by atoms with van der Waals surface area (Å²) in [5, 5.41) is 0. The number of ether oxygens (including phenoxy) is 1. The fraction of sp³-hybridized carbons (Fsp3) is 0.929. The van der Waals surface area contributed by atoms with Crippen molar-refractivity contribution in [2.45, 2.75) is 64.0 Å². The first kappa shape index (κ1) is 13.7. The third-order valence-corrected chi connectivity index (χ3v) is 4.45. The number of aliphatic imine (C=N–C) groups is 1. The van der Waals surface area contributed by atoms with Crippen molar-refractivity contribution in [2.24, 2.45) is 10.7 Å². The van der Waals surface area contributed by atoms with E-state index in [1.165, 1.54) is 25.7 Å². The lowest BCUT2D eigenvalue weighted by Gasteiger charge is -2.40. The molecule has 2 aliphatic heterocycles. The molecule has 2 atom stereocenters. The van der Waals surface area contributed by atoms with Crippen LogP contribution in [0.5, 0.6) is 0 Å². The lowest BCUT2D eigenvalue weighted by atomic mass is 9.88. The summed E-state index contributed by atoms with van der Waals surface area (Å²) >= 11 is 0. The van der Waals surface area contributed by atoms with Gasteiger partial charge in [0.05, 0.1) is 18.2 Å². The van der Waals surface area contributed by atoms with Gasteiger partial charge in [0, 0.05) is 13.2 Å². The van der Waals surface area contributed by atoms with Crippen molar-refractivity contribution in [1.82, 2.24) is 4.90 Å². The molecule has 2 N–H and O–H groups in total. The van der Waals surface area contributed by atoms with Crippen molar-refractivity contribution in [1.29, 1.82) is 0 Å². The van der Waals surface area contributed by atoms with E-state index in [1.54, 1.807) is 0 Å². The summed E-state index contributed by atoms with van der Waals surface area (Å²) in [6, 6.07) is 0. The van der Waals surface area contributed by atoms with Gasteiger partial charge >= 0.3 is 0 Å². The van der Waals surface area contributed by atoms with E-state index in [1.807, 2.05) is 0 Å². The standard InChI is InChI=1S/C14H27N3O/c1-3-5-8-14(4-2)11-16-13(15)17(14)10-12-7-6-9-18-12/h12H,3-11H2,1-2H3,(H2,15,16). The zero-order chi connectivity index (χ0) is 13.0. The first-order valence-electron chi connectivity index (χ1n) is 7.41. The molecule has 0 aromatic heterocycles. The molecule has 2 heterocycles. The predicted octanol–water partition coefficient (Wildman–Crippen LogP) is 2.13. The maximum absolute atomic E-state index is 6.10. The lowest BCUT2D eigenvalue weighted by molar-refractivity contribution is 0.0607. The summed E-state index contributed by atoms with van der Waals surface area (Å²) in [5.41, 5.74) is 6.26.